The molecule has 0 radical (unpaired) electrons. The van der Waals surface area contributed by atoms with E-state index in [9.17, 15) is 0 Å². The highest BCUT2D eigenvalue weighted by atomic mass is 14.6. The van der Waals surface area contributed by atoms with Gasteiger partial charge in [0.1, 0.15) is 0 Å². The third kappa shape index (κ3) is 1.85. The Bertz CT molecular complexity index is 180. The minimum Gasteiger partial charge on any atom is -0.0654 e. The van der Waals surface area contributed by atoms with Gasteiger partial charge in [-0.25, -0.2) is 0 Å². The van der Waals surface area contributed by atoms with Gasteiger partial charge in [0.25, 0.3) is 0 Å². The van der Waals surface area contributed by atoms with Gasteiger partial charge in [0.05, 0.1) is 0 Å². The molecule has 4 unspecified atom stereocenters. The van der Waals surface area contributed by atoms with Gasteiger partial charge in [0, 0.05) is 0 Å². The van der Waals surface area contributed by atoms with E-state index in [1.54, 1.807) is 0 Å². The first-order chi connectivity index (χ1) is 6.42. The summed E-state index contributed by atoms with van der Waals surface area (Å²) in [6.45, 7) is 14.6. The molecule has 4 atom stereocenters. The van der Waals surface area contributed by atoms with Crippen molar-refractivity contribution in [3.8, 4) is 0 Å². The zero-order valence-electron chi connectivity index (χ0n) is 10.9. The van der Waals surface area contributed by atoms with Gasteiger partial charge in [0.15, 0.2) is 0 Å². The van der Waals surface area contributed by atoms with Gasteiger partial charge in [-0.1, -0.05) is 60.8 Å². The van der Waals surface area contributed by atoms with Crippen molar-refractivity contribution in [3.05, 3.63) is 0 Å². The maximum atomic E-state index is 2.46. The molecule has 1 fully saturated rings. The second-order valence-corrected chi connectivity index (χ2v) is 6.11. The molecule has 1 saturated carbocycles. The van der Waals surface area contributed by atoms with Crippen LogP contribution in [0.3, 0.4) is 0 Å². The lowest BCUT2D eigenvalue weighted by atomic mass is 9.46. The molecule has 0 spiro atoms. The van der Waals surface area contributed by atoms with Crippen molar-refractivity contribution in [2.24, 2.45) is 29.1 Å². The predicted octanol–water partition coefficient (Wildman–Crippen LogP) is 4.74. The fourth-order valence-corrected chi connectivity index (χ4v) is 3.81. The molecule has 14 heavy (non-hydrogen) atoms. The van der Waals surface area contributed by atoms with E-state index in [0.717, 1.165) is 23.7 Å². The van der Waals surface area contributed by atoms with E-state index < -0.39 is 0 Å². The number of hydrogen-bond acceptors (Lipinski definition) is 0. The molecular formula is C14H28. The van der Waals surface area contributed by atoms with Gasteiger partial charge < -0.3 is 0 Å². The largest absolute Gasteiger partial charge is 0.0654 e. The van der Waals surface area contributed by atoms with Crippen LogP contribution in [0.4, 0.5) is 0 Å². The van der Waals surface area contributed by atoms with Crippen molar-refractivity contribution < 1.29 is 0 Å². The molecule has 84 valence electrons. The molecule has 0 saturated heterocycles. The number of hydrogen-bond donors (Lipinski definition) is 0. The maximum absolute atomic E-state index is 2.46. The van der Waals surface area contributed by atoms with Gasteiger partial charge >= 0.3 is 0 Å². The summed E-state index contributed by atoms with van der Waals surface area (Å²) < 4.78 is 0. The summed E-state index contributed by atoms with van der Waals surface area (Å²) in [4.78, 5) is 0. The minimum atomic E-state index is 0.590. The van der Waals surface area contributed by atoms with E-state index in [-0.39, 0.29) is 0 Å². The lowest BCUT2D eigenvalue weighted by Gasteiger charge is -2.59. The summed E-state index contributed by atoms with van der Waals surface area (Å²) in [5.41, 5.74) is 0.590. The minimum absolute atomic E-state index is 0.590. The molecule has 0 N–H and O–H groups in total. The molecule has 0 aromatic heterocycles. The Balaban J connectivity index is 2.51. The summed E-state index contributed by atoms with van der Waals surface area (Å²) >= 11 is 0. The van der Waals surface area contributed by atoms with Crippen LogP contribution in [0.1, 0.15) is 60.8 Å². The van der Waals surface area contributed by atoms with Gasteiger partial charge in [-0.05, 0) is 29.1 Å². The van der Waals surface area contributed by atoms with Crippen LogP contribution < -0.4 is 0 Å². The second kappa shape index (κ2) is 4.24. The monoisotopic (exact) mass is 196 g/mol. The Kier molecular flexibility index (Phi) is 3.66. The predicted molar refractivity (Wildman–Crippen MR) is 64.3 cm³/mol. The molecule has 0 bridgehead atoms. The summed E-state index contributed by atoms with van der Waals surface area (Å²) in [5, 5.41) is 0. The van der Waals surface area contributed by atoms with Gasteiger partial charge in [-0.2, -0.15) is 0 Å². The summed E-state index contributed by atoms with van der Waals surface area (Å²) in [7, 11) is 0. The van der Waals surface area contributed by atoms with E-state index >= 15 is 0 Å². The Morgan fingerprint density at radius 1 is 1.21 bits per heavy atom. The Labute approximate surface area is 90.5 Å². The summed E-state index contributed by atoms with van der Waals surface area (Å²) in [6, 6.07) is 0. The smallest absolute Gasteiger partial charge is 0.0292 e. The van der Waals surface area contributed by atoms with Crippen molar-refractivity contribution in [3.63, 3.8) is 0 Å². The third-order valence-corrected chi connectivity index (χ3v) is 5.01. The lowest BCUT2D eigenvalue weighted by Crippen LogP contribution is -2.53. The van der Waals surface area contributed by atoms with E-state index in [1.165, 1.54) is 19.3 Å². The van der Waals surface area contributed by atoms with Crippen molar-refractivity contribution >= 4 is 0 Å². The van der Waals surface area contributed by atoms with Gasteiger partial charge in [-0.15, -0.1) is 0 Å². The van der Waals surface area contributed by atoms with Gasteiger partial charge in [0.2, 0.25) is 0 Å². The van der Waals surface area contributed by atoms with Crippen LogP contribution in [0.15, 0.2) is 0 Å². The first-order valence-corrected chi connectivity index (χ1v) is 6.42. The molecule has 0 amide bonds. The fraction of sp³-hybridized carbons (Fsp3) is 1.00. The SMILES string of the molecule is CCCCC(C)C1C(C)C(C)C1(C)C. The highest BCUT2D eigenvalue weighted by Gasteiger charge is 2.52. The summed E-state index contributed by atoms with van der Waals surface area (Å²) in [6.07, 6.45) is 4.19. The Morgan fingerprint density at radius 2 is 1.79 bits per heavy atom. The molecule has 0 heterocycles. The van der Waals surface area contributed by atoms with E-state index in [1.807, 2.05) is 0 Å². The van der Waals surface area contributed by atoms with Crippen molar-refractivity contribution in [2.75, 3.05) is 0 Å². The topological polar surface area (TPSA) is 0 Å². The molecule has 1 aliphatic rings. The number of rotatable bonds is 4. The second-order valence-electron chi connectivity index (χ2n) is 6.11. The molecule has 0 aromatic rings. The molecule has 0 aromatic carbocycles. The standard InChI is InChI=1S/C14H28/c1-7-8-9-10(2)13-11(3)12(4)14(13,5)6/h10-13H,7-9H2,1-6H3. The van der Waals surface area contributed by atoms with Crippen LogP contribution in [-0.2, 0) is 0 Å². The molecule has 1 rings (SSSR count). The highest BCUT2D eigenvalue weighted by Crippen LogP contribution is 2.58. The third-order valence-electron chi connectivity index (χ3n) is 5.01. The zero-order chi connectivity index (χ0) is 10.9. The average Bonchev–Trinajstić information content (AvgIpc) is 2.13. The van der Waals surface area contributed by atoms with Crippen LogP contribution in [0.25, 0.3) is 0 Å². The van der Waals surface area contributed by atoms with Crippen LogP contribution >= 0.6 is 0 Å². The van der Waals surface area contributed by atoms with Crippen molar-refractivity contribution in [1.82, 2.24) is 0 Å². The lowest BCUT2D eigenvalue weighted by molar-refractivity contribution is -0.108. The first-order valence-electron chi connectivity index (χ1n) is 6.42. The van der Waals surface area contributed by atoms with E-state index in [0.29, 0.717) is 5.41 Å². The van der Waals surface area contributed by atoms with E-state index in [4.69, 9.17) is 0 Å². The summed E-state index contributed by atoms with van der Waals surface area (Å²) in [5.74, 6) is 3.74. The maximum Gasteiger partial charge on any atom is -0.0292 e. The highest BCUT2D eigenvalue weighted by molar-refractivity contribution is 5.00. The molecule has 0 nitrogen and oxygen atoms in total. The molecule has 1 aliphatic carbocycles. The Morgan fingerprint density at radius 3 is 2.21 bits per heavy atom. The molecule has 0 heteroatoms. The average molecular weight is 196 g/mol. The van der Waals surface area contributed by atoms with Crippen LogP contribution in [0, 0.1) is 29.1 Å². The molecule has 0 aliphatic heterocycles. The van der Waals surface area contributed by atoms with Crippen molar-refractivity contribution in [2.45, 2.75) is 60.8 Å². The molecular weight excluding hydrogens is 168 g/mol. The zero-order valence-corrected chi connectivity index (χ0v) is 10.9. The quantitative estimate of drug-likeness (QED) is 0.609. The van der Waals surface area contributed by atoms with Crippen molar-refractivity contribution in [1.29, 1.82) is 0 Å². The van der Waals surface area contributed by atoms with Crippen LogP contribution in [0.2, 0.25) is 0 Å². The van der Waals surface area contributed by atoms with Gasteiger partial charge in [-0.3, -0.25) is 0 Å². The number of unbranched alkanes of at least 4 members (excludes halogenated alkanes) is 1. The fourth-order valence-electron chi connectivity index (χ4n) is 3.81. The Hall–Kier alpha value is 0. The first kappa shape index (κ1) is 12.1. The van der Waals surface area contributed by atoms with E-state index in [2.05, 4.69) is 41.5 Å². The normalized spacial score (nSPS) is 37.7. The van der Waals surface area contributed by atoms with Crippen LogP contribution in [-0.4, -0.2) is 0 Å². The van der Waals surface area contributed by atoms with Crippen LogP contribution in [0.5, 0.6) is 0 Å².